The number of hydrogen-bond acceptors (Lipinski definition) is 8. The molecule has 3 aliphatic heterocycles. The minimum absolute atomic E-state index is 0.493. The van der Waals surface area contributed by atoms with E-state index >= 15 is 0 Å². The Hall–Kier alpha value is -2.74. The zero-order chi connectivity index (χ0) is 22.6. The fourth-order valence-corrected chi connectivity index (χ4v) is 5.30. The van der Waals surface area contributed by atoms with Crippen LogP contribution in [0.4, 0.5) is 23.5 Å². The van der Waals surface area contributed by atoms with Crippen molar-refractivity contribution in [2.24, 2.45) is 16.8 Å². The Morgan fingerprint density at radius 3 is 2.52 bits per heavy atom. The van der Waals surface area contributed by atoms with E-state index in [1.807, 2.05) is 25.1 Å². The third-order valence-corrected chi connectivity index (χ3v) is 7.24. The summed E-state index contributed by atoms with van der Waals surface area (Å²) in [4.78, 5) is 21.4. The molecular formula is C25H35N7O. The molecule has 0 atom stereocenters. The summed E-state index contributed by atoms with van der Waals surface area (Å²) in [7, 11) is 1.69. The van der Waals surface area contributed by atoms with Gasteiger partial charge in [0.2, 0.25) is 11.9 Å². The van der Waals surface area contributed by atoms with Crippen LogP contribution < -0.4 is 15.4 Å². The molecule has 0 unspecified atom stereocenters. The number of nitrogens with one attached hydrogen (secondary N) is 2. The number of anilines is 3. The third kappa shape index (κ3) is 5.43. The molecule has 1 aromatic heterocycles. The van der Waals surface area contributed by atoms with E-state index in [4.69, 9.17) is 9.73 Å². The van der Waals surface area contributed by atoms with Crippen molar-refractivity contribution < 1.29 is 4.74 Å². The van der Waals surface area contributed by atoms with Crippen LogP contribution in [0.2, 0.25) is 0 Å². The third-order valence-electron chi connectivity index (χ3n) is 7.24. The molecule has 4 aliphatic rings. The highest BCUT2D eigenvalue weighted by Gasteiger charge is 2.31. The molecule has 0 amide bonds. The maximum Gasteiger partial charge on any atom is 0.255 e. The van der Waals surface area contributed by atoms with Crippen molar-refractivity contribution in [3.63, 3.8) is 0 Å². The van der Waals surface area contributed by atoms with Crippen molar-refractivity contribution in [2.75, 3.05) is 43.9 Å². The lowest BCUT2D eigenvalue weighted by Crippen LogP contribution is -2.47. The van der Waals surface area contributed by atoms with Gasteiger partial charge in [-0.05, 0) is 75.4 Å². The van der Waals surface area contributed by atoms with E-state index < -0.39 is 0 Å². The number of aliphatic imine (C=N–C) groups is 1. The van der Waals surface area contributed by atoms with Crippen LogP contribution in [0.15, 0.2) is 23.2 Å². The van der Waals surface area contributed by atoms with Crippen molar-refractivity contribution in [3.8, 4) is 5.75 Å². The molecule has 8 heteroatoms. The van der Waals surface area contributed by atoms with Gasteiger partial charge in [0.1, 0.15) is 5.75 Å². The number of rotatable bonds is 7. The molecule has 2 bridgehead atoms. The topological polar surface area (TPSA) is 87.6 Å². The molecule has 3 saturated heterocycles. The largest absolute Gasteiger partial charge is 0.496 e. The summed E-state index contributed by atoms with van der Waals surface area (Å²) in [6.07, 6.45) is 8.94. The number of benzene rings is 1. The van der Waals surface area contributed by atoms with Gasteiger partial charge in [0.25, 0.3) is 5.95 Å². The lowest BCUT2D eigenvalue weighted by molar-refractivity contribution is 0.200. The Morgan fingerprint density at radius 2 is 1.82 bits per heavy atom. The van der Waals surface area contributed by atoms with Crippen molar-refractivity contribution in [3.05, 3.63) is 23.8 Å². The molecule has 4 heterocycles. The molecule has 1 aliphatic carbocycles. The van der Waals surface area contributed by atoms with E-state index in [0.717, 1.165) is 30.1 Å². The molecule has 2 aromatic rings. The molecule has 4 fully saturated rings. The van der Waals surface area contributed by atoms with E-state index in [2.05, 4.69) is 30.5 Å². The Balaban J connectivity index is 1.39. The average molecular weight is 450 g/mol. The first-order chi connectivity index (χ1) is 16.2. The second-order valence-corrected chi connectivity index (χ2v) is 9.63. The van der Waals surface area contributed by atoms with Crippen molar-refractivity contribution in [1.29, 1.82) is 0 Å². The summed E-state index contributed by atoms with van der Waals surface area (Å²) in [5, 5.41) is 6.83. The minimum atomic E-state index is 0.493. The smallest absolute Gasteiger partial charge is 0.255 e. The number of aromatic nitrogens is 3. The SMILES string of the molecule is COc1ccc(Nc2nc(N=C3CN4CCC3CC4)nc(NCC3CCCCC3)n2)cc1C. The average Bonchev–Trinajstić information content (AvgIpc) is 2.84. The lowest BCUT2D eigenvalue weighted by Gasteiger charge is -2.39. The second-order valence-electron chi connectivity index (χ2n) is 9.63. The number of fused-ring (bicyclic) bond motifs is 3. The predicted octanol–water partition coefficient (Wildman–Crippen LogP) is 4.72. The van der Waals surface area contributed by atoms with Crippen molar-refractivity contribution in [2.45, 2.75) is 51.9 Å². The van der Waals surface area contributed by atoms with Crippen LogP contribution >= 0.6 is 0 Å². The highest BCUT2D eigenvalue weighted by atomic mass is 16.5. The summed E-state index contributed by atoms with van der Waals surface area (Å²) in [6, 6.07) is 5.97. The van der Waals surface area contributed by atoms with Crippen LogP contribution in [0.3, 0.4) is 0 Å². The molecule has 6 rings (SSSR count). The normalized spacial score (nSPS) is 24.1. The van der Waals surface area contributed by atoms with Crippen LogP contribution in [0.1, 0.15) is 50.5 Å². The van der Waals surface area contributed by atoms with Crippen molar-refractivity contribution >= 4 is 29.2 Å². The zero-order valence-electron chi connectivity index (χ0n) is 19.8. The Kier molecular flexibility index (Phi) is 6.71. The summed E-state index contributed by atoms with van der Waals surface area (Å²) in [5.74, 6) is 3.72. The maximum atomic E-state index is 5.39. The van der Waals surface area contributed by atoms with Crippen LogP contribution in [0.25, 0.3) is 0 Å². The fraction of sp³-hybridized carbons (Fsp3) is 0.600. The van der Waals surface area contributed by atoms with Crippen LogP contribution in [0.5, 0.6) is 5.75 Å². The van der Waals surface area contributed by atoms with E-state index in [0.29, 0.717) is 29.7 Å². The Labute approximate surface area is 196 Å². The molecule has 2 N–H and O–H groups in total. The molecule has 8 nitrogen and oxygen atoms in total. The fourth-order valence-electron chi connectivity index (χ4n) is 5.30. The van der Waals surface area contributed by atoms with Crippen LogP contribution in [-0.2, 0) is 0 Å². The highest BCUT2D eigenvalue weighted by molar-refractivity contribution is 5.91. The second kappa shape index (κ2) is 10.0. The standard InChI is InChI=1S/C25H35N7O/c1-17-14-20(8-9-22(17)33-2)27-24-29-23(26-15-18-6-4-3-5-7-18)30-25(31-24)28-21-16-32-12-10-19(21)11-13-32/h8-9,14,18-19H,3-7,10-13,15-16H2,1-2H3,(H2,26,27,29,30,31). The molecule has 0 spiro atoms. The first-order valence-corrected chi connectivity index (χ1v) is 12.4. The van der Waals surface area contributed by atoms with E-state index in [1.54, 1.807) is 7.11 Å². The molecular weight excluding hydrogens is 414 g/mol. The quantitative estimate of drug-likeness (QED) is 0.632. The summed E-state index contributed by atoms with van der Waals surface area (Å²) in [6.45, 7) is 6.22. The van der Waals surface area contributed by atoms with Gasteiger partial charge >= 0.3 is 0 Å². The predicted molar refractivity (Wildman–Crippen MR) is 132 cm³/mol. The van der Waals surface area contributed by atoms with Gasteiger partial charge in [-0.15, -0.1) is 0 Å². The van der Waals surface area contributed by atoms with Gasteiger partial charge < -0.3 is 15.4 Å². The monoisotopic (exact) mass is 449 g/mol. The maximum absolute atomic E-state index is 5.39. The van der Waals surface area contributed by atoms with Gasteiger partial charge in [0.15, 0.2) is 0 Å². The molecule has 0 radical (unpaired) electrons. The number of nitrogens with zero attached hydrogens (tertiary/aromatic N) is 5. The zero-order valence-corrected chi connectivity index (χ0v) is 19.8. The summed E-state index contributed by atoms with van der Waals surface area (Å²) < 4.78 is 5.39. The molecule has 1 saturated carbocycles. The number of ether oxygens (including phenoxy) is 1. The van der Waals surface area contributed by atoms with Gasteiger partial charge in [0.05, 0.1) is 7.11 Å². The molecule has 1 aromatic carbocycles. The van der Waals surface area contributed by atoms with Gasteiger partial charge in [-0.3, -0.25) is 4.90 Å². The van der Waals surface area contributed by atoms with Crippen molar-refractivity contribution in [1.82, 2.24) is 19.9 Å². The van der Waals surface area contributed by atoms with E-state index in [-0.39, 0.29) is 0 Å². The first-order valence-electron chi connectivity index (χ1n) is 12.4. The van der Waals surface area contributed by atoms with Crippen LogP contribution in [-0.4, -0.2) is 58.9 Å². The van der Waals surface area contributed by atoms with E-state index in [9.17, 15) is 0 Å². The number of hydrogen-bond donors (Lipinski definition) is 2. The Morgan fingerprint density at radius 1 is 1.03 bits per heavy atom. The van der Waals surface area contributed by atoms with Crippen LogP contribution in [0, 0.1) is 18.8 Å². The lowest BCUT2D eigenvalue weighted by atomic mass is 9.86. The molecule has 33 heavy (non-hydrogen) atoms. The number of piperidine rings is 3. The summed E-state index contributed by atoms with van der Waals surface area (Å²) in [5.41, 5.74) is 3.18. The summed E-state index contributed by atoms with van der Waals surface area (Å²) >= 11 is 0. The Bertz CT molecular complexity index is 994. The minimum Gasteiger partial charge on any atom is -0.496 e. The highest BCUT2D eigenvalue weighted by Crippen LogP contribution is 2.28. The van der Waals surface area contributed by atoms with Gasteiger partial charge in [-0.1, -0.05) is 19.3 Å². The van der Waals surface area contributed by atoms with Gasteiger partial charge in [-0.25, -0.2) is 4.99 Å². The number of methoxy groups -OCH3 is 1. The molecule has 176 valence electrons. The van der Waals surface area contributed by atoms with Gasteiger partial charge in [0, 0.05) is 30.4 Å². The van der Waals surface area contributed by atoms with Gasteiger partial charge in [-0.2, -0.15) is 15.0 Å². The van der Waals surface area contributed by atoms with E-state index in [1.165, 1.54) is 63.7 Å². The first kappa shape index (κ1) is 22.1. The number of aryl methyl sites for hydroxylation is 1.